The van der Waals surface area contributed by atoms with E-state index in [4.69, 9.17) is 4.74 Å². The monoisotopic (exact) mass is 369 g/mol. The second-order valence-electron chi connectivity index (χ2n) is 4.90. The highest BCUT2D eigenvalue weighted by Crippen LogP contribution is 2.34. The van der Waals surface area contributed by atoms with E-state index >= 15 is 0 Å². The zero-order valence-electron chi connectivity index (χ0n) is 13.1. The van der Waals surface area contributed by atoms with Crippen LogP contribution in [0.3, 0.4) is 0 Å². The van der Waals surface area contributed by atoms with E-state index in [-0.39, 0.29) is 11.3 Å². The number of esters is 1. The largest absolute Gasteiger partial charge is 0.452 e. The number of carbonyl (C=O) groups excluding carboxylic acids is 2. The minimum atomic E-state index is -4.60. The lowest BCUT2D eigenvalue weighted by molar-refractivity contribution is -0.137. The molecule has 2 aromatic carbocycles. The normalized spacial score (nSPS) is 11.0. The number of carbonyl (C=O) groups is 2. The van der Waals surface area contributed by atoms with Gasteiger partial charge < -0.3 is 10.1 Å². The van der Waals surface area contributed by atoms with Gasteiger partial charge in [0.25, 0.3) is 5.91 Å². The second kappa shape index (κ2) is 8.06. The molecule has 0 atom stereocenters. The summed E-state index contributed by atoms with van der Waals surface area (Å²) in [5, 5.41) is 2.10. The molecular weight excluding hydrogens is 355 g/mol. The van der Waals surface area contributed by atoms with E-state index in [0.29, 0.717) is 0 Å². The summed E-state index contributed by atoms with van der Waals surface area (Å²) in [7, 11) is 0. The molecule has 0 aliphatic rings. The van der Waals surface area contributed by atoms with Crippen molar-refractivity contribution in [1.82, 2.24) is 0 Å². The van der Waals surface area contributed by atoms with Gasteiger partial charge in [-0.2, -0.15) is 13.2 Å². The molecule has 132 valence electrons. The number of thioether (sulfide) groups is 1. The van der Waals surface area contributed by atoms with Crippen LogP contribution >= 0.6 is 11.8 Å². The Kier molecular flexibility index (Phi) is 6.08. The Morgan fingerprint density at radius 2 is 1.72 bits per heavy atom. The van der Waals surface area contributed by atoms with Crippen molar-refractivity contribution in [3.63, 3.8) is 0 Å². The minimum Gasteiger partial charge on any atom is -0.452 e. The van der Waals surface area contributed by atoms with Gasteiger partial charge in [-0.05, 0) is 42.7 Å². The number of halogens is 3. The maximum Gasteiger partial charge on any atom is 0.418 e. The third kappa shape index (κ3) is 5.25. The SMILES string of the molecule is CSc1ccc(C(=O)OCC(=O)Nc2ccccc2C(F)(F)F)cc1. The van der Waals surface area contributed by atoms with Crippen LogP contribution in [-0.2, 0) is 15.7 Å². The number of alkyl halides is 3. The van der Waals surface area contributed by atoms with Crippen LogP contribution in [-0.4, -0.2) is 24.7 Å². The van der Waals surface area contributed by atoms with E-state index in [1.165, 1.54) is 23.9 Å². The number of hydrogen-bond donors (Lipinski definition) is 1. The van der Waals surface area contributed by atoms with E-state index in [2.05, 4.69) is 5.32 Å². The summed E-state index contributed by atoms with van der Waals surface area (Å²) in [4.78, 5) is 24.6. The van der Waals surface area contributed by atoms with Crippen LogP contribution < -0.4 is 5.32 Å². The van der Waals surface area contributed by atoms with Crippen molar-refractivity contribution in [3.05, 3.63) is 59.7 Å². The van der Waals surface area contributed by atoms with Gasteiger partial charge in [-0.15, -0.1) is 11.8 Å². The fourth-order valence-corrected chi connectivity index (χ4v) is 2.38. The summed E-state index contributed by atoms with van der Waals surface area (Å²) in [5.74, 6) is -1.59. The predicted octanol–water partition coefficient (Wildman–Crippen LogP) is 4.22. The fraction of sp³-hybridized carbons (Fsp3) is 0.176. The molecule has 0 aliphatic heterocycles. The molecule has 0 aromatic heterocycles. The average molecular weight is 369 g/mol. The number of hydrogen-bond acceptors (Lipinski definition) is 4. The van der Waals surface area contributed by atoms with Gasteiger partial charge in [0.1, 0.15) is 0 Å². The van der Waals surface area contributed by atoms with Gasteiger partial charge in [-0.25, -0.2) is 4.79 Å². The molecule has 0 fully saturated rings. The molecule has 0 saturated carbocycles. The average Bonchev–Trinajstić information content (AvgIpc) is 2.59. The number of nitrogens with one attached hydrogen (secondary N) is 1. The van der Waals surface area contributed by atoms with Crippen molar-refractivity contribution in [2.75, 3.05) is 18.2 Å². The Morgan fingerprint density at radius 1 is 1.08 bits per heavy atom. The van der Waals surface area contributed by atoms with Gasteiger partial charge in [0, 0.05) is 4.90 Å². The fourth-order valence-electron chi connectivity index (χ4n) is 1.97. The molecule has 25 heavy (non-hydrogen) atoms. The molecule has 0 unspecified atom stereocenters. The number of anilines is 1. The highest BCUT2D eigenvalue weighted by atomic mass is 32.2. The van der Waals surface area contributed by atoms with Gasteiger partial charge in [0.05, 0.1) is 16.8 Å². The summed E-state index contributed by atoms with van der Waals surface area (Å²) in [6.45, 7) is -0.685. The number of rotatable bonds is 5. The molecule has 0 spiro atoms. The zero-order valence-corrected chi connectivity index (χ0v) is 13.9. The zero-order chi connectivity index (χ0) is 18.4. The highest BCUT2D eigenvalue weighted by Gasteiger charge is 2.33. The van der Waals surface area contributed by atoms with Crippen molar-refractivity contribution < 1.29 is 27.5 Å². The van der Waals surface area contributed by atoms with Gasteiger partial charge in [-0.3, -0.25) is 4.79 Å². The smallest absolute Gasteiger partial charge is 0.418 e. The number of ether oxygens (including phenoxy) is 1. The molecule has 0 saturated heterocycles. The molecule has 2 rings (SSSR count). The standard InChI is InChI=1S/C17H14F3NO3S/c1-25-12-8-6-11(7-9-12)16(23)24-10-15(22)21-14-5-3-2-4-13(14)17(18,19)20/h2-9H,10H2,1H3,(H,21,22). The number of para-hydroxylation sites is 1. The minimum absolute atomic E-state index is 0.251. The van der Waals surface area contributed by atoms with Crippen LogP contribution in [0.25, 0.3) is 0 Å². The molecule has 0 heterocycles. The summed E-state index contributed by atoms with van der Waals surface area (Å²) in [6, 6.07) is 11.1. The molecule has 4 nitrogen and oxygen atoms in total. The van der Waals surface area contributed by atoms with Crippen LogP contribution in [0.2, 0.25) is 0 Å². The highest BCUT2D eigenvalue weighted by molar-refractivity contribution is 7.98. The summed E-state index contributed by atoms with van der Waals surface area (Å²) in [5.41, 5.74) is -1.11. The maximum atomic E-state index is 12.9. The molecule has 0 aliphatic carbocycles. The lowest BCUT2D eigenvalue weighted by Gasteiger charge is -2.13. The van der Waals surface area contributed by atoms with Crippen molar-refractivity contribution in [3.8, 4) is 0 Å². The van der Waals surface area contributed by atoms with E-state index in [9.17, 15) is 22.8 Å². The van der Waals surface area contributed by atoms with Gasteiger partial charge in [0.15, 0.2) is 6.61 Å². The van der Waals surface area contributed by atoms with Crippen LogP contribution in [0.15, 0.2) is 53.4 Å². The van der Waals surface area contributed by atoms with E-state index in [1.807, 2.05) is 6.26 Å². The lowest BCUT2D eigenvalue weighted by atomic mass is 10.1. The van der Waals surface area contributed by atoms with E-state index in [0.717, 1.165) is 17.0 Å². The molecule has 0 bridgehead atoms. The molecule has 1 amide bonds. The second-order valence-corrected chi connectivity index (χ2v) is 5.78. The lowest BCUT2D eigenvalue weighted by Crippen LogP contribution is -2.22. The quantitative estimate of drug-likeness (QED) is 0.633. The first-order chi connectivity index (χ1) is 11.8. The predicted molar refractivity (Wildman–Crippen MR) is 88.6 cm³/mol. The van der Waals surface area contributed by atoms with Gasteiger partial charge in [-0.1, -0.05) is 12.1 Å². The van der Waals surface area contributed by atoms with Crippen molar-refractivity contribution in [2.24, 2.45) is 0 Å². The molecular formula is C17H14F3NO3S. The first-order valence-corrected chi connectivity index (χ1v) is 8.31. The van der Waals surface area contributed by atoms with Gasteiger partial charge in [0.2, 0.25) is 0 Å². The third-order valence-electron chi connectivity index (χ3n) is 3.17. The molecule has 1 N–H and O–H groups in total. The van der Waals surface area contributed by atoms with Crippen LogP contribution in [0.4, 0.5) is 18.9 Å². The number of benzene rings is 2. The molecule has 0 radical (unpaired) electrons. The van der Waals surface area contributed by atoms with Crippen LogP contribution in [0.1, 0.15) is 15.9 Å². The Labute approximate surface area is 146 Å². The molecule has 2 aromatic rings. The van der Waals surface area contributed by atoms with E-state index < -0.39 is 30.2 Å². The van der Waals surface area contributed by atoms with E-state index in [1.54, 1.807) is 24.3 Å². The summed E-state index contributed by atoms with van der Waals surface area (Å²) < 4.78 is 43.4. The Bertz CT molecular complexity index is 760. The maximum absolute atomic E-state index is 12.9. The van der Waals surface area contributed by atoms with Crippen LogP contribution in [0, 0.1) is 0 Å². The number of amides is 1. The Balaban J connectivity index is 1.96. The first-order valence-electron chi connectivity index (χ1n) is 7.08. The molecule has 8 heteroatoms. The third-order valence-corrected chi connectivity index (χ3v) is 3.91. The summed E-state index contributed by atoms with van der Waals surface area (Å²) >= 11 is 1.50. The first kappa shape index (κ1) is 18.9. The van der Waals surface area contributed by atoms with Crippen molar-refractivity contribution >= 4 is 29.3 Å². The Hall–Kier alpha value is -2.48. The van der Waals surface area contributed by atoms with Crippen LogP contribution in [0.5, 0.6) is 0 Å². The van der Waals surface area contributed by atoms with Crippen molar-refractivity contribution in [2.45, 2.75) is 11.1 Å². The summed E-state index contributed by atoms with van der Waals surface area (Å²) in [6.07, 6.45) is -2.71. The topological polar surface area (TPSA) is 55.4 Å². The van der Waals surface area contributed by atoms with Gasteiger partial charge >= 0.3 is 12.1 Å². The van der Waals surface area contributed by atoms with Crippen molar-refractivity contribution in [1.29, 1.82) is 0 Å². The Morgan fingerprint density at radius 3 is 2.32 bits per heavy atom.